The van der Waals surface area contributed by atoms with Gasteiger partial charge >= 0.3 is 0 Å². The molecule has 0 aromatic heterocycles. The average molecular weight is 448 g/mol. The van der Waals surface area contributed by atoms with Crippen LogP contribution in [0.25, 0.3) is 0 Å². The highest BCUT2D eigenvalue weighted by Crippen LogP contribution is 2.46. The fourth-order valence-electron chi connectivity index (χ4n) is 4.91. The quantitative estimate of drug-likeness (QED) is 0.559. The number of allylic oxidation sites excluding steroid dienone is 1. The summed E-state index contributed by atoms with van der Waals surface area (Å²) >= 11 is 6.20. The number of rotatable bonds is 7. The number of nitrogens with zero attached hydrogens (tertiary/aromatic N) is 1. The van der Waals surface area contributed by atoms with E-state index < -0.39 is 29.8 Å². The summed E-state index contributed by atoms with van der Waals surface area (Å²) < 4.78 is 0. The molecular formula is C23H30ClN3O4. The molecule has 0 saturated carbocycles. The topological polar surface area (TPSA) is 98.7 Å². The number of benzene rings is 1. The van der Waals surface area contributed by atoms with Crippen molar-refractivity contribution < 1.29 is 19.5 Å². The molecule has 3 rings (SSSR count). The molecule has 1 aromatic rings. The minimum atomic E-state index is -0.845. The van der Waals surface area contributed by atoms with Gasteiger partial charge in [-0.3, -0.25) is 14.4 Å². The lowest BCUT2D eigenvalue weighted by molar-refractivity contribution is -0.142. The van der Waals surface area contributed by atoms with E-state index in [2.05, 4.69) is 10.6 Å². The van der Waals surface area contributed by atoms with Gasteiger partial charge in [0.1, 0.15) is 6.04 Å². The molecule has 1 saturated heterocycles. The van der Waals surface area contributed by atoms with Crippen LogP contribution < -0.4 is 10.6 Å². The zero-order chi connectivity index (χ0) is 22.7. The van der Waals surface area contributed by atoms with Crippen LogP contribution in [0.15, 0.2) is 36.4 Å². The number of amides is 3. The summed E-state index contributed by atoms with van der Waals surface area (Å²) in [5.74, 6) is -2.62. The molecule has 6 atom stereocenters. The summed E-state index contributed by atoms with van der Waals surface area (Å²) in [6.07, 6.45) is 5.53. The summed E-state index contributed by atoms with van der Waals surface area (Å²) in [6, 6.07) is 5.47. The van der Waals surface area contributed by atoms with Gasteiger partial charge in [0.15, 0.2) is 0 Å². The minimum Gasteiger partial charge on any atom is -0.394 e. The van der Waals surface area contributed by atoms with Crippen LogP contribution in [-0.4, -0.2) is 53.5 Å². The smallest absolute Gasteiger partial charge is 0.247 e. The molecule has 3 N–H and O–H groups in total. The number of anilines is 1. The second-order valence-corrected chi connectivity index (χ2v) is 8.68. The van der Waals surface area contributed by atoms with Gasteiger partial charge in [-0.1, -0.05) is 49.2 Å². The summed E-state index contributed by atoms with van der Waals surface area (Å²) in [7, 11) is 1.56. The molecule has 8 heteroatoms. The molecule has 0 bridgehead atoms. The van der Waals surface area contributed by atoms with E-state index >= 15 is 0 Å². The Morgan fingerprint density at radius 2 is 1.94 bits per heavy atom. The Kier molecular flexibility index (Phi) is 7.38. The molecule has 1 aliphatic heterocycles. The molecule has 3 amide bonds. The van der Waals surface area contributed by atoms with Crippen molar-refractivity contribution in [1.82, 2.24) is 10.2 Å². The number of likely N-dealkylation sites (tertiary alicyclic amines) is 1. The molecule has 1 fully saturated rings. The van der Waals surface area contributed by atoms with Gasteiger partial charge in [0, 0.05) is 13.0 Å². The van der Waals surface area contributed by atoms with Gasteiger partial charge < -0.3 is 20.6 Å². The average Bonchev–Trinajstić information content (AvgIpc) is 3.07. The van der Waals surface area contributed by atoms with Gasteiger partial charge in [0.05, 0.1) is 35.2 Å². The monoisotopic (exact) mass is 447 g/mol. The van der Waals surface area contributed by atoms with Crippen LogP contribution in [-0.2, 0) is 14.4 Å². The SMILES string of the molecule is CCC[C@@H]1C=C[C@H]2[C@H](C(=O)N([C@H](C)CO)[C@@H]2C(=O)Nc2ccccc2Cl)[C@@H]1C(=O)NC. The Morgan fingerprint density at radius 3 is 2.55 bits per heavy atom. The number of aliphatic hydroxyl groups is 1. The Balaban J connectivity index is 2.02. The molecule has 0 radical (unpaired) electrons. The molecule has 2 aliphatic rings. The van der Waals surface area contributed by atoms with E-state index in [4.69, 9.17) is 11.6 Å². The largest absolute Gasteiger partial charge is 0.394 e. The van der Waals surface area contributed by atoms with Crippen molar-refractivity contribution in [2.24, 2.45) is 23.7 Å². The van der Waals surface area contributed by atoms with Crippen LogP contribution in [0.1, 0.15) is 26.7 Å². The van der Waals surface area contributed by atoms with Crippen molar-refractivity contribution in [3.63, 3.8) is 0 Å². The molecule has 1 heterocycles. The third-order valence-electron chi connectivity index (χ3n) is 6.36. The predicted octanol–water partition coefficient (Wildman–Crippen LogP) is 2.45. The second-order valence-electron chi connectivity index (χ2n) is 8.27. The number of nitrogens with one attached hydrogen (secondary N) is 2. The van der Waals surface area contributed by atoms with Crippen LogP contribution >= 0.6 is 11.6 Å². The highest BCUT2D eigenvalue weighted by Gasteiger charge is 2.57. The molecule has 1 aromatic carbocycles. The summed E-state index contributed by atoms with van der Waals surface area (Å²) in [5.41, 5.74) is 0.452. The van der Waals surface area contributed by atoms with Crippen LogP contribution in [0.3, 0.4) is 0 Å². The molecule has 0 unspecified atom stereocenters. The first kappa shape index (κ1) is 23.3. The lowest BCUT2D eigenvalue weighted by Gasteiger charge is -2.34. The van der Waals surface area contributed by atoms with Crippen LogP contribution in [0.2, 0.25) is 5.02 Å². The Hall–Kier alpha value is -2.38. The maximum atomic E-state index is 13.5. The number of para-hydroxylation sites is 1. The van der Waals surface area contributed by atoms with Crippen molar-refractivity contribution in [2.45, 2.75) is 38.8 Å². The molecule has 31 heavy (non-hydrogen) atoms. The molecule has 1 aliphatic carbocycles. The number of carbonyl (C=O) groups excluding carboxylic acids is 3. The van der Waals surface area contributed by atoms with Crippen LogP contribution in [0.5, 0.6) is 0 Å². The number of aliphatic hydroxyl groups excluding tert-OH is 1. The summed E-state index contributed by atoms with van der Waals surface area (Å²) in [6.45, 7) is 3.46. The highest BCUT2D eigenvalue weighted by atomic mass is 35.5. The van der Waals surface area contributed by atoms with Crippen LogP contribution in [0.4, 0.5) is 5.69 Å². The first-order valence-electron chi connectivity index (χ1n) is 10.7. The number of halogens is 1. The van der Waals surface area contributed by atoms with Gasteiger partial charge in [0.25, 0.3) is 0 Å². The van der Waals surface area contributed by atoms with Crippen molar-refractivity contribution >= 4 is 35.0 Å². The minimum absolute atomic E-state index is 0.0770. The fraction of sp³-hybridized carbons (Fsp3) is 0.522. The number of hydrogen-bond acceptors (Lipinski definition) is 4. The van der Waals surface area contributed by atoms with Crippen molar-refractivity contribution in [1.29, 1.82) is 0 Å². The standard InChI is InChI=1S/C23H30ClN3O4/c1-4-7-14-10-11-15-19(18(14)21(29)25-3)23(31)27(13(2)12-28)20(15)22(30)26-17-9-6-5-8-16(17)24/h5-6,8-11,13-15,18-20,28H,4,7,12H2,1-3H3,(H,25,29)(H,26,30)/t13-,14-,15+,18-,19+,20+/m1/s1. The zero-order valence-electron chi connectivity index (χ0n) is 18.0. The van der Waals surface area contributed by atoms with Crippen LogP contribution in [0, 0.1) is 23.7 Å². The zero-order valence-corrected chi connectivity index (χ0v) is 18.8. The second kappa shape index (κ2) is 9.83. The molecule has 168 valence electrons. The first-order valence-corrected chi connectivity index (χ1v) is 11.1. The Morgan fingerprint density at radius 1 is 1.23 bits per heavy atom. The van der Waals surface area contributed by atoms with Gasteiger partial charge in [-0.05, 0) is 31.4 Å². The fourth-order valence-corrected chi connectivity index (χ4v) is 5.10. The van der Waals surface area contributed by atoms with Gasteiger partial charge in [-0.25, -0.2) is 0 Å². The van der Waals surface area contributed by atoms with E-state index in [-0.39, 0.29) is 30.2 Å². The van der Waals surface area contributed by atoms with Crippen molar-refractivity contribution in [2.75, 3.05) is 19.0 Å². The Bertz CT molecular complexity index is 874. The number of hydrogen-bond donors (Lipinski definition) is 3. The van der Waals surface area contributed by atoms with Gasteiger partial charge in [0.2, 0.25) is 17.7 Å². The van der Waals surface area contributed by atoms with E-state index in [1.165, 1.54) is 4.90 Å². The predicted molar refractivity (Wildman–Crippen MR) is 119 cm³/mol. The van der Waals surface area contributed by atoms with Crippen molar-refractivity contribution in [3.05, 3.63) is 41.4 Å². The molecule has 0 spiro atoms. The summed E-state index contributed by atoms with van der Waals surface area (Å²) in [4.78, 5) is 41.2. The third kappa shape index (κ3) is 4.34. The maximum absolute atomic E-state index is 13.5. The lowest BCUT2D eigenvalue weighted by atomic mass is 9.68. The van der Waals surface area contributed by atoms with E-state index in [1.807, 2.05) is 19.1 Å². The Labute approximate surface area is 187 Å². The van der Waals surface area contributed by atoms with Gasteiger partial charge in [-0.15, -0.1) is 0 Å². The maximum Gasteiger partial charge on any atom is 0.247 e. The van der Waals surface area contributed by atoms with E-state index in [0.717, 1.165) is 12.8 Å². The summed E-state index contributed by atoms with van der Waals surface area (Å²) in [5, 5.41) is 15.7. The van der Waals surface area contributed by atoms with E-state index in [9.17, 15) is 19.5 Å². The normalized spacial score (nSPS) is 28.2. The third-order valence-corrected chi connectivity index (χ3v) is 6.69. The number of fused-ring (bicyclic) bond motifs is 1. The molecule has 7 nitrogen and oxygen atoms in total. The van der Waals surface area contributed by atoms with Crippen molar-refractivity contribution in [3.8, 4) is 0 Å². The van der Waals surface area contributed by atoms with E-state index in [1.54, 1.807) is 38.2 Å². The number of carbonyl (C=O) groups is 3. The van der Waals surface area contributed by atoms with E-state index in [0.29, 0.717) is 10.7 Å². The highest BCUT2D eigenvalue weighted by molar-refractivity contribution is 6.33. The first-order chi connectivity index (χ1) is 14.8. The lowest BCUT2D eigenvalue weighted by Crippen LogP contribution is -2.49. The molecular weight excluding hydrogens is 418 g/mol. The van der Waals surface area contributed by atoms with Gasteiger partial charge in [-0.2, -0.15) is 0 Å².